The minimum atomic E-state index is -8.80. The van der Waals surface area contributed by atoms with Crippen molar-refractivity contribution in [2.75, 3.05) is 0 Å². The molecular formula is C12F24O4. The summed E-state index contributed by atoms with van der Waals surface area (Å²) in [5, 5.41) is 0. The lowest BCUT2D eigenvalue weighted by atomic mass is 10.2. The van der Waals surface area contributed by atoms with Gasteiger partial charge in [-0.2, -0.15) is 105 Å². The zero-order chi connectivity index (χ0) is 33.2. The Balaban J connectivity index is 7.24. The third-order valence-corrected chi connectivity index (χ3v) is 3.62. The molecule has 0 aliphatic heterocycles. The van der Waals surface area contributed by atoms with Crippen molar-refractivity contribution in [3.63, 3.8) is 0 Å². The molecule has 40 heavy (non-hydrogen) atoms. The fourth-order valence-electron chi connectivity index (χ4n) is 1.66. The SMILES string of the molecule is O=C(F)[C@](F)(OC(F)(F)[C@@](F)(OC(F)(F)[C@@](F)(OC(F)(F)C(F)(F)C(F)(F)F)C(F)(F)F)C(F)(F)F)C(F)(F)F. The second-order valence-corrected chi connectivity index (χ2v) is 6.48. The maximum absolute atomic E-state index is 14.0. The van der Waals surface area contributed by atoms with Gasteiger partial charge in [-0.15, -0.1) is 0 Å². The highest BCUT2D eigenvalue weighted by Gasteiger charge is 2.88. The number of rotatable bonds is 10. The molecule has 0 N–H and O–H groups in total. The van der Waals surface area contributed by atoms with E-state index in [1.165, 1.54) is 4.74 Å². The number of ether oxygens (including phenoxy) is 3. The summed E-state index contributed by atoms with van der Waals surface area (Å²) in [5.74, 6) is -33.2. The highest BCUT2D eigenvalue weighted by molar-refractivity contribution is 5.77. The molecule has 0 aromatic carbocycles. The van der Waals surface area contributed by atoms with Crippen molar-refractivity contribution in [1.29, 1.82) is 0 Å². The number of carbonyl (C=O) groups is 1. The van der Waals surface area contributed by atoms with Crippen molar-refractivity contribution in [3.05, 3.63) is 0 Å². The highest BCUT2D eigenvalue weighted by Crippen LogP contribution is 2.59. The van der Waals surface area contributed by atoms with Gasteiger partial charge in [-0.25, -0.2) is 0 Å². The molecule has 0 bridgehead atoms. The molecule has 0 heterocycles. The van der Waals surface area contributed by atoms with Gasteiger partial charge in [0.1, 0.15) is 0 Å². The van der Waals surface area contributed by atoms with E-state index in [9.17, 15) is 110 Å². The number of hydrogen-bond donors (Lipinski definition) is 0. The van der Waals surface area contributed by atoms with Crippen molar-refractivity contribution in [2.24, 2.45) is 0 Å². The second kappa shape index (κ2) is 9.72. The molecule has 0 unspecified atom stereocenters. The van der Waals surface area contributed by atoms with E-state index in [1.54, 1.807) is 0 Å². The van der Waals surface area contributed by atoms with Crippen LogP contribution in [-0.2, 0) is 19.0 Å². The third-order valence-electron chi connectivity index (χ3n) is 3.62. The molecule has 0 radical (unpaired) electrons. The Bertz CT molecular complexity index is 928. The van der Waals surface area contributed by atoms with Crippen LogP contribution in [-0.4, -0.2) is 72.6 Å². The second-order valence-electron chi connectivity index (χ2n) is 6.48. The minimum Gasteiger partial charge on any atom is -0.263 e. The first-order valence-electron chi connectivity index (χ1n) is 7.96. The first kappa shape index (κ1) is 37.9. The van der Waals surface area contributed by atoms with Crippen LogP contribution in [0.25, 0.3) is 0 Å². The van der Waals surface area contributed by atoms with E-state index in [0.29, 0.717) is 0 Å². The van der Waals surface area contributed by atoms with Gasteiger partial charge < -0.3 is 0 Å². The zero-order valence-electron chi connectivity index (χ0n) is 16.7. The largest absolute Gasteiger partial charge is 0.462 e. The standard InChI is InChI=1S/C12F24O4/c13-1(37)2(14,6(19,20)21)38-11(33,34)4(17,8(25,26)27)40-12(35,36)5(18,9(28,29)30)39-10(31,32)3(15,16)7(22,23)24/t2-,4-,5-/m0/s1. The minimum absolute atomic E-state index is 0.953. The van der Waals surface area contributed by atoms with Crippen molar-refractivity contribution in [3.8, 4) is 0 Å². The monoisotopic (exact) mass is 664 g/mol. The molecule has 240 valence electrons. The molecule has 4 nitrogen and oxygen atoms in total. The average molecular weight is 664 g/mol. The Hall–Kier alpha value is -2.13. The Labute approximate surface area is 198 Å². The fraction of sp³-hybridized carbons (Fsp3) is 0.917. The molecule has 0 aliphatic rings. The Morgan fingerprint density at radius 3 is 0.875 bits per heavy atom. The summed E-state index contributed by atoms with van der Waals surface area (Å²) < 4.78 is 311. The quantitative estimate of drug-likeness (QED) is 0.183. The first-order valence-corrected chi connectivity index (χ1v) is 7.96. The Morgan fingerprint density at radius 2 is 0.650 bits per heavy atom. The summed E-state index contributed by atoms with van der Waals surface area (Å²) in [6.07, 6.45) is -58.2. The van der Waals surface area contributed by atoms with Crippen LogP contribution in [0.2, 0.25) is 0 Å². The maximum atomic E-state index is 14.0. The van der Waals surface area contributed by atoms with E-state index in [4.69, 9.17) is 0 Å². The van der Waals surface area contributed by atoms with Crippen LogP contribution in [0.15, 0.2) is 0 Å². The smallest absolute Gasteiger partial charge is 0.263 e. The molecule has 0 aromatic heterocycles. The molecule has 0 spiro atoms. The number of carbonyl (C=O) groups excluding carboxylic acids is 1. The van der Waals surface area contributed by atoms with Gasteiger partial charge in [-0.3, -0.25) is 19.0 Å². The molecule has 28 heteroatoms. The summed E-state index contributed by atoms with van der Waals surface area (Å²) in [6.45, 7) is 0. The van der Waals surface area contributed by atoms with Gasteiger partial charge in [-0.1, -0.05) is 0 Å². The van der Waals surface area contributed by atoms with Crippen molar-refractivity contribution >= 4 is 6.04 Å². The van der Waals surface area contributed by atoms with E-state index >= 15 is 0 Å². The fourth-order valence-corrected chi connectivity index (χ4v) is 1.66. The lowest BCUT2D eigenvalue weighted by Gasteiger charge is -2.42. The molecule has 0 saturated carbocycles. The van der Waals surface area contributed by atoms with Crippen molar-refractivity contribution in [1.82, 2.24) is 0 Å². The maximum Gasteiger partial charge on any atom is 0.462 e. The van der Waals surface area contributed by atoms with Gasteiger partial charge in [-0.05, 0) is 0 Å². The first-order chi connectivity index (χ1) is 16.8. The predicted molar refractivity (Wildman–Crippen MR) is 64.9 cm³/mol. The van der Waals surface area contributed by atoms with E-state index in [2.05, 4.69) is 0 Å². The summed E-state index contributed by atoms with van der Waals surface area (Å²) in [6, 6.07) is -5.02. The van der Waals surface area contributed by atoms with Gasteiger partial charge in [0.15, 0.2) is 0 Å². The van der Waals surface area contributed by atoms with Crippen LogP contribution in [0.3, 0.4) is 0 Å². The molecule has 0 amide bonds. The topological polar surface area (TPSA) is 44.8 Å². The van der Waals surface area contributed by atoms with Gasteiger partial charge >= 0.3 is 72.6 Å². The number of halogens is 24. The summed E-state index contributed by atoms with van der Waals surface area (Å²) in [7, 11) is 0. The van der Waals surface area contributed by atoms with E-state index in [1.807, 2.05) is 0 Å². The van der Waals surface area contributed by atoms with Gasteiger partial charge in [0.2, 0.25) is 0 Å². The molecule has 0 aliphatic carbocycles. The van der Waals surface area contributed by atoms with Crippen LogP contribution in [0.1, 0.15) is 0 Å². The van der Waals surface area contributed by atoms with Crippen LogP contribution in [0.4, 0.5) is 105 Å². The van der Waals surface area contributed by atoms with E-state index in [0.717, 1.165) is 9.47 Å². The normalized spacial score (nSPS) is 20.0. The summed E-state index contributed by atoms with van der Waals surface area (Å²) in [5.41, 5.74) is 0. The number of alkyl halides is 23. The predicted octanol–water partition coefficient (Wildman–Crippen LogP) is 7.19. The molecular weight excluding hydrogens is 664 g/mol. The number of hydrogen-bond acceptors (Lipinski definition) is 4. The van der Waals surface area contributed by atoms with Crippen LogP contribution in [0, 0.1) is 0 Å². The molecule has 0 aromatic rings. The lowest BCUT2D eigenvalue weighted by molar-refractivity contribution is -0.577. The summed E-state index contributed by atoms with van der Waals surface area (Å²) >= 11 is 0. The van der Waals surface area contributed by atoms with Crippen LogP contribution >= 0.6 is 0 Å². The molecule has 3 atom stereocenters. The molecule has 0 rings (SSSR count). The third kappa shape index (κ3) is 6.06. The van der Waals surface area contributed by atoms with Gasteiger partial charge in [0.25, 0.3) is 0 Å². The van der Waals surface area contributed by atoms with E-state index in [-0.39, 0.29) is 0 Å². The van der Waals surface area contributed by atoms with Crippen molar-refractivity contribution < 1.29 is 124 Å². The van der Waals surface area contributed by atoms with Gasteiger partial charge in [0, 0.05) is 0 Å². The lowest BCUT2D eigenvalue weighted by Crippen LogP contribution is -2.70. The van der Waals surface area contributed by atoms with Crippen LogP contribution < -0.4 is 0 Å². The van der Waals surface area contributed by atoms with E-state index < -0.39 is 72.6 Å². The summed E-state index contributed by atoms with van der Waals surface area (Å²) in [4.78, 5) is 9.99. The molecule has 0 fully saturated rings. The van der Waals surface area contributed by atoms with Gasteiger partial charge in [0.05, 0.1) is 0 Å². The van der Waals surface area contributed by atoms with Crippen LogP contribution in [0.5, 0.6) is 0 Å². The Morgan fingerprint density at radius 1 is 0.375 bits per heavy atom. The average Bonchev–Trinajstić information content (AvgIpc) is 2.62. The molecule has 0 saturated heterocycles. The highest BCUT2D eigenvalue weighted by atomic mass is 19.4. The van der Waals surface area contributed by atoms with Crippen molar-refractivity contribution in [2.45, 2.75) is 66.5 Å². The zero-order valence-corrected chi connectivity index (χ0v) is 16.7. The Kier molecular flexibility index (Phi) is 9.20.